The van der Waals surface area contributed by atoms with Gasteiger partial charge in [0.2, 0.25) is 0 Å². The van der Waals surface area contributed by atoms with Crippen LogP contribution in [0.4, 0.5) is 0 Å². The van der Waals surface area contributed by atoms with Crippen LogP contribution in [-0.4, -0.2) is 21.9 Å². The molecule has 1 aromatic carbocycles. The molecule has 0 bridgehead atoms. The normalized spacial score (nSPS) is 28.2. The Morgan fingerprint density at radius 3 is 2.65 bits per heavy atom. The van der Waals surface area contributed by atoms with Gasteiger partial charge in [-0.25, -0.2) is 0 Å². The van der Waals surface area contributed by atoms with Crippen LogP contribution in [0.25, 0.3) is 0 Å². The van der Waals surface area contributed by atoms with Crippen molar-refractivity contribution in [2.24, 2.45) is 5.73 Å². The van der Waals surface area contributed by atoms with Gasteiger partial charge in [-0.05, 0) is 43.5 Å². The summed E-state index contributed by atoms with van der Waals surface area (Å²) in [5.41, 5.74) is 4.80. The van der Waals surface area contributed by atoms with Gasteiger partial charge in [0.15, 0.2) is 0 Å². The third-order valence-corrected chi connectivity index (χ3v) is 4.58. The van der Waals surface area contributed by atoms with E-state index in [1.54, 1.807) is 11.8 Å². The van der Waals surface area contributed by atoms with E-state index in [0.29, 0.717) is 17.9 Å². The number of carbonyl (C=O) groups is 1. The summed E-state index contributed by atoms with van der Waals surface area (Å²) < 4.78 is 0. The predicted octanol–water partition coefficient (Wildman–Crippen LogP) is 2.77. The molecule has 3 nitrogen and oxygen atoms in total. The van der Waals surface area contributed by atoms with Gasteiger partial charge < -0.3 is 10.8 Å². The lowest BCUT2D eigenvalue weighted by Crippen LogP contribution is -2.45. The van der Waals surface area contributed by atoms with Gasteiger partial charge >= 0.3 is 5.97 Å². The lowest BCUT2D eigenvalue weighted by Gasteiger charge is -2.17. The van der Waals surface area contributed by atoms with E-state index in [-0.39, 0.29) is 5.25 Å². The van der Waals surface area contributed by atoms with Gasteiger partial charge in [-0.15, -0.1) is 11.8 Å². The quantitative estimate of drug-likeness (QED) is 0.887. The third-order valence-electron chi connectivity index (χ3n) is 3.05. The van der Waals surface area contributed by atoms with Crippen LogP contribution in [0.1, 0.15) is 19.3 Å². The maximum absolute atomic E-state index is 11.0. The largest absolute Gasteiger partial charge is 0.480 e. The first-order valence-corrected chi connectivity index (χ1v) is 6.70. The summed E-state index contributed by atoms with van der Waals surface area (Å²) >= 11 is 7.49. The zero-order valence-electron chi connectivity index (χ0n) is 9.23. The molecular formula is C12H14ClNO2S. The molecule has 2 rings (SSSR count). The highest BCUT2D eigenvalue weighted by Crippen LogP contribution is 2.39. The first-order chi connectivity index (χ1) is 7.99. The predicted molar refractivity (Wildman–Crippen MR) is 69.5 cm³/mol. The number of carboxylic acid groups (broad SMARTS) is 1. The van der Waals surface area contributed by atoms with Crippen LogP contribution in [0.3, 0.4) is 0 Å². The second-order valence-corrected chi connectivity index (χ2v) is 6.21. The summed E-state index contributed by atoms with van der Waals surface area (Å²) in [4.78, 5) is 12.1. The summed E-state index contributed by atoms with van der Waals surface area (Å²) in [5, 5.41) is 10.0. The molecule has 0 radical (unpaired) electrons. The number of carboxylic acids is 1. The van der Waals surface area contributed by atoms with Gasteiger partial charge in [0, 0.05) is 15.2 Å². The molecule has 5 heteroatoms. The topological polar surface area (TPSA) is 63.3 Å². The number of benzene rings is 1. The van der Waals surface area contributed by atoms with E-state index in [2.05, 4.69) is 0 Å². The van der Waals surface area contributed by atoms with Gasteiger partial charge in [-0.3, -0.25) is 4.79 Å². The zero-order chi connectivity index (χ0) is 12.5. The molecule has 0 spiro atoms. The molecule has 0 heterocycles. The number of nitrogens with two attached hydrogens (primary N) is 1. The monoisotopic (exact) mass is 271 g/mol. The molecule has 3 N–H and O–H groups in total. The van der Waals surface area contributed by atoms with Gasteiger partial charge in [-0.1, -0.05) is 11.6 Å². The van der Waals surface area contributed by atoms with E-state index in [1.807, 2.05) is 24.3 Å². The smallest absolute Gasteiger partial charge is 0.323 e. The summed E-state index contributed by atoms with van der Waals surface area (Å²) in [6.45, 7) is 0. The minimum Gasteiger partial charge on any atom is -0.480 e. The Bertz CT molecular complexity index is 423. The van der Waals surface area contributed by atoms with Crippen molar-refractivity contribution in [3.63, 3.8) is 0 Å². The Hall–Kier alpha value is -0.710. The SMILES string of the molecule is NC1(C(=O)O)CCC(Sc2ccc(Cl)cc2)C1. The van der Waals surface area contributed by atoms with Crippen LogP contribution < -0.4 is 5.73 Å². The average Bonchev–Trinajstić information content (AvgIpc) is 2.65. The molecule has 0 saturated heterocycles. The highest BCUT2D eigenvalue weighted by molar-refractivity contribution is 8.00. The first-order valence-electron chi connectivity index (χ1n) is 5.44. The molecular weight excluding hydrogens is 258 g/mol. The molecule has 0 aliphatic heterocycles. The maximum atomic E-state index is 11.0. The molecule has 0 aromatic heterocycles. The highest BCUT2D eigenvalue weighted by Gasteiger charge is 2.42. The van der Waals surface area contributed by atoms with Gasteiger partial charge in [0.1, 0.15) is 5.54 Å². The molecule has 92 valence electrons. The summed E-state index contributed by atoms with van der Waals surface area (Å²) in [6, 6.07) is 7.58. The van der Waals surface area contributed by atoms with Gasteiger partial charge in [0.05, 0.1) is 0 Å². The minimum absolute atomic E-state index is 0.275. The molecule has 1 aliphatic rings. The summed E-state index contributed by atoms with van der Waals surface area (Å²) in [5.74, 6) is -0.892. The molecule has 2 atom stereocenters. The van der Waals surface area contributed by atoms with Crippen LogP contribution in [0.2, 0.25) is 5.02 Å². The van der Waals surface area contributed by atoms with Crippen molar-refractivity contribution < 1.29 is 9.90 Å². The van der Waals surface area contributed by atoms with E-state index in [9.17, 15) is 4.79 Å². The second kappa shape index (κ2) is 4.88. The van der Waals surface area contributed by atoms with Crippen molar-refractivity contribution in [2.75, 3.05) is 0 Å². The first kappa shape index (κ1) is 12.7. The lowest BCUT2D eigenvalue weighted by molar-refractivity contribution is -0.143. The number of aliphatic carboxylic acids is 1. The third kappa shape index (κ3) is 2.94. The van der Waals surface area contributed by atoms with E-state index >= 15 is 0 Å². The standard InChI is InChI=1S/C12H14ClNO2S/c13-8-1-3-9(4-2-8)17-10-5-6-12(14,7-10)11(15)16/h1-4,10H,5-7,14H2,(H,15,16). The average molecular weight is 272 g/mol. The van der Waals surface area contributed by atoms with E-state index in [0.717, 1.165) is 11.3 Å². The van der Waals surface area contributed by atoms with E-state index < -0.39 is 11.5 Å². The molecule has 1 fully saturated rings. The molecule has 17 heavy (non-hydrogen) atoms. The number of hydrogen-bond donors (Lipinski definition) is 2. The number of thioether (sulfide) groups is 1. The van der Waals surface area contributed by atoms with Crippen molar-refractivity contribution in [3.05, 3.63) is 29.3 Å². The van der Waals surface area contributed by atoms with Crippen molar-refractivity contribution in [1.29, 1.82) is 0 Å². The van der Waals surface area contributed by atoms with Crippen LogP contribution in [-0.2, 0) is 4.79 Å². The van der Waals surface area contributed by atoms with Gasteiger partial charge in [-0.2, -0.15) is 0 Å². The highest BCUT2D eigenvalue weighted by atomic mass is 35.5. The fourth-order valence-corrected chi connectivity index (χ4v) is 3.45. The number of halogens is 1. The Morgan fingerprint density at radius 2 is 2.12 bits per heavy atom. The van der Waals surface area contributed by atoms with Gasteiger partial charge in [0.25, 0.3) is 0 Å². The van der Waals surface area contributed by atoms with E-state index in [1.165, 1.54) is 0 Å². The van der Waals surface area contributed by atoms with Crippen molar-refractivity contribution in [1.82, 2.24) is 0 Å². The molecule has 1 saturated carbocycles. The molecule has 2 unspecified atom stereocenters. The van der Waals surface area contributed by atoms with E-state index in [4.69, 9.17) is 22.4 Å². The maximum Gasteiger partial charge on any atom is 0.323 e. The van der Waals surface area contributed by atoms with Crippen molar-refractivity contribution in [3.8, 4) is 0 Å². The summed E-state index contributed by atoms with van der Waals surface area (Å²) in [7, 11) is 0. The molecule has 1 aliphatic carbocycles. The zero-order valence-corrected chi connectivity index (χ0v) is 10.8. The lowest BCUT2D eigenvalue weighted by atomic mass is 10.0. The van der Waals surface area contributed by atoms with Crippen LogP contribution in [0, 0.1) is 0 Å². The van der Waals surface area contributed by atoms with Crippen LogP contribution >= 0.6 is 23.4 Å². The second-order valence-electron chi connectivity index (χ2n) is 4.40. The number of hydrogen-bond acceptors (Lipinski definition) is 3. The van der Waals surface area contributed by atoms with Crippen LogP contribution in [0.5, 0.6) is 0 Å². The Kier molecular flexibility index (Phi) is 3.66. The minimum atomic E-state index is -1.04. The van der Waals surface area contributed by atoms with Crippen LogP contribution in [0.15, 0.2) is 29.2 Å². The van der Waals surface area contributed by atoms with Crippen molar-refractivity contribution in [2.45, 2.75) is 34.9 Å². The van der Waals surface area contributed by atoms with Crippen molar-refractivity contribution >= 4 is 29.3 Å². The fraction of sp³-hybridized carbons (Fsp3) is 0.417. The molecule has 1 aromatic rings. The Balaban J connectivity index is 1.98. The fourth-order valence-electron chi connectivity index (χ4n) is 2.03. The molecule has 0 amide bonds. The summed E-state index contributed by atoms with van der Waals surface area (Å²) in [6.07, 6.45) is 1.92. The Morgan fingerprint density at radius 1 is 1.47 bits per heavy atom. The Labute approximate surface area is 109 Å². The number of rotatable bonds is 3.